The number of rotatable bonds is 2. The Morgan fingerprint density at radius 3 is 2.22 bits per heavy atom. The van der Waals surface area contributed by atoms with Gasteiger partial charge in [-0.15, -0.1) is 0 Å². The van der Waals surface area contributed by atoms with Gasteiger partial charge in [-0.2, -0.15) is 5.10 Å². The van der Waals surface area contributed by atoms with Crippen LogP contribution < -0.4 is 0 Å². The molecule has 1 aromatic heterocycles. The number of aryl methyl sites for hydroxylation is 1. The summed E-state index contributed by atoms with van der Waals surface area (Å²) in [5.74, 6) is 0. The first-order chi connectivity index (χ1) is 8.41. The van der Waals surface area contributed by atoms with E-state index >= 15 is 0 Å². The third-order valence-corrected chi connectivity index (χ3v) is 3.14. The highest BCUT2D eigenvalue weighted by atomic mass is 16.3. The van der Waals surface area contributed by atoms with Gasteiger partial charge in [-0.25, -0.2) is 0 Å². The molecule has 0 saturated carbocycles. The first kappa shape index (κ1) is 12.8. The van der Waals surface area contributed by atoms with Gasteiger partial charge in [-0.3, -0.25) is 4.68 Å². The Bertz CT molecular complexity index is 533. The van der Waals surface area contributed by atoms with Crippen LogP contribution in [0.4, 0.5) is 0 Å². The van der Waals surface area contributed by atoms with Gasteiger partial charge in [-0.05, 0) is 22.6 Å². The molecule has 0 amide bonds. The molecule has 0 aliphatic rings. The maximum absolute atomic E-state index is 9.10. The van der Waals surface area contributed by atoms with Crippen molar-refractivity contribution in [1.29, 1.82) is 0 Å². The van der Waals surface area contributed by atoms with Crippen molar-refractivity contribution in [1.82, 2.24) is 9.78 Å². The lowest BCUT2D eigenvalue weighted by Crippen LogP contribution is -2.10. The first-order valence-corrected chi connectivity index (χ1v) is 6.16. The molecule has 0 atom stereocenters. The molecule has 18 heavy (non-hydrogen) atoms. The summed E-state index contributed by atoms with van der Waals surface area (Å²) in [6.45, 7) is 6.59. The van der Waals surface area contributed by atoms with Gasteiger partial charge in [0.05, 0.1) is 18.0 Å². The molecule has 0 saturated heterocycles. The molecule has 0 radical (unpaired) electrons. The lowest BCUT2D eigenvalue weighted by Gasteiger charge is -2.19. The monoisotopic (exact) mass is 244 g/mol. The van der Waals surface area contributed by atoms with E-state index < -0.39 is 0 Å². The van der Waals surface area contributed by atoms with Gasteiger partial charge in [0.25, 0.3) is 0 Å². The van der Waals surface area contributed by atoms with Crippen LogP contribution in [-0.4, -0.2) is 14.9 Å². The highest BCUT2D eigenvalue weighted by Crippen LogP contribution is 2.26. The van der Waals surface area contributed by atoms with E-state index in [-0.39, 0.29) is 12.0 Å². The van der Waals surface area contributed by atoms with Gasteiger partial charge in [0.2, 0.25) is 0 Å². The van der Waals surface area contributed by atoms with Crippen molar-refractivity contribution in [3.63, 3.8) is 0 Å². The summed E-state index contributed by atoms with van der Waals surface area (Å²) in [5.41, 5.74) is 4.33. The highest BCUT2D eigenvalue weighted by Gasteiger charge is 2.14. The number of hydrogen-bond donors (Lipinski definition) is 1. The zero-order chi connectivity index (χ0) is 13.3. The molecule has 0 aliphatic carbocycles. The highest BCUT2D eigenvalue weighted by molar-refractivity contribution is 5.60. The number of nitrogens with zero attached hydrogens (tertiary/aromatic N) is 2. The molecule has 0 fully saturated rings. The minimum absolute atomic E-state index is 0.0199. The molecule has 2 aromatic rings. The van der Waals surface area contributed by atoms with Gasteiger partial charge in [0.1, 0.15) is 0 Å². The van der Waals surface area contributed by atoms with Crippen molar-refractivity contribution in [3.05, 3.63) is 41.6 Å². The summed E-state index contributed by atoms with van der Waals surface area (Å²) >= 11 is 0. The van der Waals surface area contributed by atoms with Crippen LogP contribution in [0, 0.1) is 0 Å². The van der Waals surface area contributed by atoms with Crippen LogP contribution in [0.1, 0.15) is 32.0 Å². The maximum atomic E-state index is 9.10. The molecule has 1 N–H and O–H groups in total. The van der Waals surface area contributed by atoms with Gasteiger partial charge in [0, 0.05) is 7.05 Å². The minimum atomic E-state index is -0.0199. The third kappa shape index (κ3) is 2.46. The van der Waals surface area contributed by atoms with Crippen molar-refractivity contribution in [2.24, 2.45) is 7.05 Å². The predicted molar refractivity (Wildman–Crippen MR) is 73.3 cm³/mol. The third-order valence-electron chi connectivity index (χ3n) is 3.14. The number of benzene rings is 1. The topological polar surface area (TPSA) is 38.0 Å². The minimum Gasteiger partial charge on any atom is -0.390 e. The molecule has 3 heteroatoms. The maximum Gasteiger partial charge on any atom is 0.0885 e. The lowest BCUT2D eigenvalue weighted by atomic mass is 9.86. The molecule has 2 rings (SSSR count). The second kappa shape index (κ2) is 4.58. The normalized spacial score (nSPS) is 11.8. The largest absolute Gasteiger partial charge is 0.390 e. The molecule has 0 unspecified atom stereocenters. The Kier molecular flexibility index (Phi) is 3.26. The van der Waals surface area contributed by atoms with Crippen molar-refractivity contribution in [2.75, 3.05) is 0 Å². The molecule has 0 aliphatic heterocycles. The van der Waals surface area contributed by atoms with Crippen LogP contribution >= 0.6 is 0 Å². The fourth-order valence-corrected chi connectivity index (χ4v) is 2.02. The average molecular weight is 244 g/mol. The van der Waals surface area contributed by atoms with Crippen LogP contribution in [-0.2, 0) is 19.1 Å². The van der Waals surface area contributed by atoms with E-state index in [1.54, 1.807) is 4.68 Å². The summed E-state index contributed by atoms with van der Waals surface area (Å²) < 4.78 is 1.80. The number of aliphatic hydroxyl groups excluding tert-OH is 1. The van der Waals surface area contributed by atoms with E-state index in [4.69, 9.17) is 5.11 Å². The zero-order valence-electron chi connectivity index (χ0n) is 11.4. The van der Waals surface area contributed by atoms with Crippen LogP contribution in [0.5, 0.6) is 0 Å². The second-order valence-corrected chi connectivity index (χ2v) is 5.63. The van der Waals surface area contributed by atoms with E-state index in [2.05, 4.69) is 50.1 Å². The van der Waals surface area contributed by atoms with Crippen LogP contribution in [0.15, 0.2) is 30.3 Å². The van der Waals surface area contributed by atoms with E-state index in [1.807, 2.05) is 13.1 Å². The lowest BCUT2D eigenvalue weighted by molar-refractivity contribution is 0.275. The average Bonchev–Trinajstić information content (AvgIpc) is 2.70. The molecule has 96 valence electrons. The fourth-order valence-electron chi connectivity index (χ4n) is 2.02. The van der Waals surface area contributed by atoms with Gasteiger partial charge in [0.15, 0.2) is 0 Å². The molecular weight excluding hydrogens is 224 g/mol. The zero-order valence-corrected chi connectivity index (χ0v) is 11.4. The Labute approximate surface area is 108 Å². The standard InChI is InChI=1S/C15H20N2O/c1-15(2,3)12-7-5-11(6-8-12)14-9-13(10-18)16-17(14)4/h5-9,18H,10H2,1-4H3. The van der Waals surface area contributed by atoms with E-state index in [0.29, 0.717) is 5.69 Å². The van der Waals surface area contributed by atoms with Gasteiger partial charge < -0.3 is 5.11 Å². The molecule has 1 aromatic carbocycles. The molecule has 1 heterocycles. The number of aliphatic hydroxyl groups is 1. The summed E-state index contributed by atoms with van der Waals surface area (Å²) in [6.07, 6.45) is 0. The number of aromatic nitrogens is 2. The van der Waals surface area contributed by atoms with Crippen molar-refractivity contribution in [3.8, 4) is 11.3 Å². The molecular formula is C15H20N2O. The SMILES string of the molecule is Cn1nc(CO)cc1-c1ccc(C(C)(C)C)cc1. The van der Waals surface area contributed by atoms with Gasteiger partial charge >= 0.3 is 0 Å². The smallest absolute Gasteiger partial charge is 0.0885 e. The Morgan fingerprint density at radius 1 is 1.17 bits per heavy atom. The molecule has 0 spiro atoms. The van der Waals surface area contributed by atoms with Crippen molar-refractivity contribution < 1.29 is 5.11 Å². The fraction of sp³-hybridized carbons (Fsp3) is 0.400. The Morgan fingerprint density at radius 2 is 1.78 bits per heavy atom. The van der Waals surface area contributed by atoms with Crippen LogP contribution in [0.2, 0.25) is 0 Å². The molecule has 3 nitrogen and oxygen atoms in total. The summed E-state index contributed by atoms with van der Waals surface area (Å²) in [7, 11) is 1.90. The summed E-state index contributed by atoms with van der Waals surface area (Å²) in [5, 5.41) is 13.3. The van der Waals surface area contributed by atoms with E-state index in [9.17, 15) is 0 Å². The van der Waals surface area contributed by atoms with Crippen LogP contribution in [0.25, 0.3) is 11.3 Å². The predicted octanol–water partition coefficient (Wildman–Crippen LogP) is 2.88. The van der Waals surface area contributed by atoms with Crippen molar-refractivity contribution in [2.45, 2.75) is 32.8 Å². The van der Waals surface area contributed by atoms with Gasteiger partial charge in [-0.1, -0.05) is 45.0 Å². The first-order valence-electron chi connectivity index (χ1n) is 6.16. The second-order valence-electron chi connectivity index (χ2n) is 5.63. The van der Waals surface area contributed by atoms with Crippen LogP contribution in [0.3, 0.4) is 0 Å². The summed E-state index contributed by atoms with van der Waals surface area (Å²) in [4.78, 5) is 0. The summed E-state index contributed by atoms with van der Waals surface area (Å²) in [6, 6.07) is 10.4. The molecule has 0 bridgehead atoms. The van der Waals surface area contributed by atoms with E-state index in [0.717, 1.165) is 11.3 Å². The van der Waals surface area contributed by atoms with Crippen molar-refractivity contribution >= 4 is 0 Å². The van der Waals surface area contributed by atoms with E-state index in [1.165, 1.54) is 5.56 Å². The number of hydrogen-bond acceptors (Lipinski definition) is 2. The quantitative estimate of drug-likeness (QED) is 0.882. The Balaban J connectivity index is 2.37. The Hall–Kier alpha value is -1.61.